The van der Waals surface area contributed by atoms with Crippen molar-refractivity contribution in [1.29, 1.82) is 0 Å². The summed E-state index contributed by atoms with van der Waals surface area (Å²) in [4.78, 5) is -2.72. The second-order valence-corrected chi connectivity index (χ2v) is 4.43. The van der Waals surface area contributed by atoms with Crippen molar-refractivity contribution in [3.05, 3.63) is 30.1 Å². The molecule has 0 saturated heterocycles. The zero-order valence-corrected chi connectivity index (χ0v) is 10.2. The molecule has 1 aromatic heterocycles. The van der Waals surface area contributed by atoms with Crippen molar-refractivity contribution in [2.75, 3.05) is 0 Å². The van der Waals surface area contributed by atoms with Crippen LogP contribution in [-0.2, 0) is 5.92 Å². The Morgan fingerprint density at radius 3 is 1.74 bits per heavy atom. The Labute approximate surface area is 109 Å². The lowest BCUT2D eigenvalue weighted by molar-refractivity contribution is -0.350. The highest BCUT2D eigenvalue weighted by Gasteiger charge is 2.80. The number of halogens is 9. The van der Waals surface area contributed by atoms with Gasteiger partial charge in [0, 0.05) is 6.20 Å². The fourth-order valence-electron chi connectivity index (χ4n) is 1.08. The van der Waals surface area contributed by atoms with Crippen LogP contribution in [0.15, 0.2) is 24.4 Å². The quantitative estimate of drug-likeness (QED) is 0.573. The largest absolute Gasteiger partial charge is 0.388 e. The molecule has 0 aliphatic heterocycles. The van der Waals surface area contributed by atoms with E-state index in [0.717, 1.165) is 28.1 Å². The van der Waals surface area contributed by atoms with Gasteiger partial charge in [0.1, 0.15) is 5.69 Å². The third-order valence-electron chi connectivity index (χ3n) is 2.13. The summed E-state index contributed by atoms with van der Waals surface area (Å²) in [5, 5.41) is 0. The van der Waals surface area contributed by atoms with Crippen molar-refractivity contribution in [2.45, 2.75) is 22.6 Å². The molecule has 0 aromatic carbocycles. The molecule has 0 radical (unpaired) electrons. The molecule has 0 spiro atoms. The first-order valence-electron chi connectivity index (χ1n) is 4.47. The van der Waals surface area contributed by atoms with Crippen LogP contribution in [0.25, 0.3) is 0 Å². The van der Waals surface area contributed by atoms with E-state index in [0.29, 0.717) is 12.3 Å². The second kappa shape index (κ2) is 4.57. The summed E-state index contributed by atoms with van der Waals surface area (Å²) in [6.07, 6.45) is 0.643. The van der Waals surface area contributed by atoms with Crippen LogP contribution in [0.5, 0.6) is 0 Å². The second-order valence-electron chi connectivity index (χ2n) is 3.44. The van der Waals surface area contributed by atoms with E-state index in [-0.39, 0.29) is 0 Å². The van der Waals surface area contributed by atoms with Crippen LogP contribution in [-0.4, -0.2) is 21.7 Å². The fourth-order valence-corrected chi connectivity index (χ4v) is 1.33. The Kier molecular flexibility index (Phi) is 3.88. The molecule has 0 unspecified atom stereocenters. The molecule has 0 saturated carbocycles. The Balaban J connectivity index is 3.34. The SMILES string of the molecule is FC(F)(Br)C(F)(F)C(F)(F)C(F)(F)c1ccccn1. The number of nitrogens with zero attached hydrogens (tertiary/aromatic N) is 1. The van der Waals surface area contributed by atoms with Crippen molar-refractivity contribution < 1.29 is 35.1 Å². The number of rotatable bonds is 4. The van der Waals surface area contributed by atoms with Crippen LogP contribution in [0.2, 0.25) is 0 Å². The van der Waals surface area contributed by atoms with Crippen LogP contribution in [0, 0.1) is 0 Å². The van der Waals surface area contributed by atoms with Gasteiger partial charge in [-0.05, 0) is 28.1 Å². The Hall–Kier alpha value is -0.930. The van der Waals surface area contributed by atoms with Gasteiger partial charge in [-0.3, -0.25) is 4.98 Å². The molecule has 1 rings (SSSR count). The molecule has 10 heteroatoms. The van der Waals surface area contributed by atoms with Crippen molar-refractivity contribution in [3.63, 3.8) is 0 Å². The highest BCUT2D eigenvalue weighted by atomic mass is 79.9. The summed E-state index contributed by atoms with van der Waals surface area (Å²) in [7, 11) is 0. The van der Waals surface area contributed by atoms with E-state index < -0.39 is 28.3 Å². The van der Waals surface area contributed by atoms with Gasteiger partial charge in [-0.25, -0.2) is 0 Å². The lowest BCUT2D eigenvalue weighted by atomic mass is 10.0. The smallest absolute Gasteiger partial charge is 0.255 e. The van der Waals surface area contributed by atoms with Crippen LogP contribution < -0.4 is 0 Å². The molecule has 0 amide bonds. The maximum Gasteiger partial charge on any atom is 0.388 e. The van der Waals surface area contributed by atoms with Crippen molar-refractivity contribution >= 4 is 15.9 Å². The first-order valence-corrected chi connectivity index (χ1v) is 5.26. The zero-order chi connectivity index (χ0) is 15.1. The van der Waals surface area contributed by atoms with E-state index >= 15 is 0 Å². The summed E-state index contributed by atoms with van der Waals surface area (Å²) in [6, 6.07) is 2.22. The maximum absolute atomic E-state index is 13.3. The summed E-state index contributed by atoms with van der Waals surface area (Å²) in [5.41, 5.74) is -1.74. The monoisotopic (exact) mass is 357 g/mol. The molecule has 0 fully saturated rings. The summed E-state index contributed by atoms with van der Waals surface area (Å²) in [5.74, 6) is -18.2. The normalized spacial score (nSPS) is 14.6. The van der Waals surface area contributed by atoms with Gasteiger partial charge in [-0.2, -0.15) is 35.1 Å². The lowest BCUT2D eigenvalue weighted by Gasteiger charge is -2.34. The molecular formula is C9H4BrF8N. The van der Waals surface area contributed by atoms with Crippen molar-refractivity contribution in [3.8, 4) is 0 Å². The Morgan fingerprint density at radius 2 is 1.37 bits per heavy atom. The average molecular weight is 358 g/mol. The number of hydrogen-bond donors (Lipinski definition) is 0. The van der Waals surface area contributed by atoms with E-state index in [2.05, 4.69) is 4.98 Å². The third kappa shape index (κ3) is 2.41. The molecule has 0 aliphatic rings. The Bertz CT molecular complexity index is 441. The first kappa shape index (κ1) is 16.1. The van der Waals surface area contributed by atoms with Gasteiger partial charge in [-0.1, -0.05) is 6.07 Å². The van der Waals surface area contributed by atoms with Gasteiger partial charge in [-0.15, -0.1) is 0 Å². The van der Waals surface area contributed by atoms with Crippen molar-refractivity contribution in [1.82, 2.24) is 4.98 Å². The predicted molar refractivity (Wildman–Crippen MR) is 51.9 cm³/mol. The molecular weight excluding hydrogens is 354 g/mol. The van der Waals surface area contributed by atoms with Gasteiger partial charge in [0.05, 0.1) is 0 Å². The molecule has 0 bridgehead atoms. The van der Waals surface area contributed by atoms with Crippen LogP contribution in [0.3, 0.4) is 0 Å². The van der Waals surface area contributed by atoms with Crippen LogP contribution in [0.4, 0.5) is 35.1 Å². The van der Waals surface area contributed by atoms with Gasteiger partial charge in [0.15, 0.2) is 0 Å². The van der Waals surface area contributed by atoms with E-state index in [1.54, 1.807) is 0 Å². The minimum absolute atomic E-state index is 0.330. The topological polar surface area (TPSA) is 12.9 Å². The highest BCUT2D eigenvalue weighted by molar-refractivity contribution is 9.10. The van der Waals surface area contributed by atoms with E-state index in [1.807, 2.05) is 0 Å². The maximum atomic E-state index is 13.3. The summed E-state index contributed by atoms with van der Waals surface area (Å²) < 4.78 is 103. The number of pyridine rings is 1. The molecule has 0 N–H and O–H groups in total. The summed E-state index contributed by atoms with van der Waals surface area (Å²) >= 11 is 0.984. The fraction of sp³-hybridized carbons (Fsp3) is 0.444. The molecule has 1 nitrogen and oxygen atoms in total. The van der Waals surface area contributed by atoms with E-state index in [1.165, 1.54) is 0 Å². The highest BCUT2D eigenvalue weighted by Crippen LogP contribution is 2.57. The van der Waals surface area contributed by atoms with Gasteiger partial charge >= 0.3 is 22.6 Å². The number of aromatic nitrogens is 1. The molecule has 108 valence electrons. The van der Waals surface area contributed by atoms with Crippen LogP contribution >= 0.6 is 15.9 Å². The van der Waals surface area contributed by atoms with Gasteiger partial charge < -0.3 is 0 Å². The number of hydrogen-bond acceptors (Lipinski definition) is 1. The standard InChI is InChI=1S/C9H4BrF8N/c10-9(17,18)8(15,16)7(13,14)6(11,12)5-3-1-2-4-19-5/h1-4H. The first-order chi connectivity index (χ1) is 8.36. The minimum Gasteiger partial charge on any atom is -0.255 e. The average Bonchev–Trinajstić information content (AvgIpc) is 2.28. The van der Waals surface area contributed by atoms with E-state index in [4.69, 9.17) is 0 Å². The molecule has 0 aliphatic carbocycles. The molecule has 1 aromatic rings. The molecule has 0 atom stereocenters. The minimum atomic E-state index is -6.35. The van der Waals surface area contributed by atoms with E-state index in [9.17, 15) is 35.1 Å². The molecule has 19 heavy (non-hydrogen) atoms. The van der Waals surface area contributed by atoms with Crippen molar-refractivity contribution in [2.24, 2.45) is 0 Å². The van der Waals surface area contributed by atoms with Gasteiger partial charge in [0.2, 0.25) is 0 Å². The lowest BCUT2D eigenvalue weighted by Crippen LogP contribution is -2.59. The Morgan fingerprint density at radius 1 is 0.842 bits per heavy atom. The molecule has 1 heterocycles. The van der Waals surface area contributed by atoms with Crippen LogP contribution in [0.1, 0.15) is 5.69 Å². The predicted octanol–water partition coefficient (Wildman–Crippen LogP) is 4.43. The zero-order valence-electron chi connectivity index (χ0n) is 8.66. The van der Waals surface area contributed by atoms with Gasteiger partial charge in [0.25, 0.3) is 0 Å². The third-order valence-corrected chi connectivity index (χ3v) is 2.63. The number of alkyl halides is 9. The summed E-state index contributed by atoms with van der Waals surface area (Å²) in [6.45, 7) is 0.